The van der Waals surface area contributed by atoms with Gasteiger partial charge >= 0.3 is 0 Å². The van der Waals surface area contributed by atoms with Crippen molar-refractivity contribution in [3.05, 3.63) is 51.4 Å². The van der Waals surface area contributed by atoms with Crippen LogP contribution in [0.15, 0.2) is 39.6 Å². The van der Waals surface area contributed by atoms with Crippen LogP contribution in [-0.2, 0) is 4.79 Å². The Labute approximate surface area is 158 Å². The third-order valence-corrected chi connectivity index (χ3v) is 5.46. The maximum absolute atomic E-state index is 13.6. The number of thioether (sulfide) groups is 1. The lowest BCUT2D eigenvalue weighted by atomic mass is 10.2. The van der Waals surface area contributed by atoms with Gasteiger partial charge in [-0.15, -0.1) is 11.3 Å². The number of aryl methyl sites for hydroxylation is 1. The van der Waals surface area contributed by atoms with Crippen molar-refractivity contribution in [2.75, 3.05) is 5.75 Å². The summed E-state index contributed by atoms with van der Waals surface area (Å²) in [5, 5.41) is 5.03. The fourth-order valence-electron chi connectivity index (χ4n) is 2.48. The Bertz CT molecular complexity index is 1030. The summed E-state index contributed by atoms with van der Waals surface area (Å²) in [6, 6.07) is 6.30. The number of nitrogens with one attached hydrogen (secondary N) is 1. The first-order valence-electron chi connectivity index (χ1n) is 8.05. The fraction of sp³-hybridized carbons (Fsp3) is 0.278. The lowest BCUT2D eigenvalue weighted by Gasteiger charge is -2.13. The summed E-state index contributed by atoms with van der Waals surface area (Å²) in [6.45, 7) is 5.41. The highest BCUT2D eigenvalue weighted by Gasteiger charge is 2.16. The van der Waals surface area contributed by atoms with Gasteiger partial charge in [-0.3, -0.25) is 14.2 Å². The number of hydrogen-bond acceptors (Lipinski definition) is 5. The molecular formula is C18H18FN3O2S2. The zero-order valence-corrected chi connectivity index (χ0v) is 16.2. The summed E-state index contributed by atoms with van der Waals surface area (Å²) in [5.74, 6) is -0.329. The van der Waals surface area contributed by atoms with Crippen LogP contribution in [0.25, 0.3) is 15.9 Å². The number of fused-ring (bicyclic) bond motifs is 1. The van der Waals surface area contributed by atoms with Crippen molar-refractivity contribution in [3.8, 4) is 5.69 Å². The number of rotatable bonds is 5. The molecule has 8 heteroatoms. The number of thiophene rings is 1. The van der Waals surface area contributed by atoms with E-state index in [1.807, 2.05) is 13.8 Å². The number of halogens is 1. The molecule has 5 nitrogen and oxygen atoms in total. The Morgan fingerprint density at radius 2 is 2.15 bits per heavy atom. The quantitative estimate of drug-likeness (QED) is 0.534. The van der Waals surface area contributed by atoms with E-state index in [4.69, 9.17) is 0 Å². The molecule has 2 aromatic heterocycles. The van der Waals surface area contributed by atoms with E-state index in [1.165, 1.54) is 33.7 Å². The minimum atomic E-state index is -0.336. The summed E-state index contributed by atoms with van der Waals surface area (Å²) in [4.78, 5) is 29.5. The molecule has 1 aromatic carbocycles. The van der Waals surface area contributed by atoms with Crippen molar-refractivity contribution in [1.82, 2.24) is 14.9 Å². The zero-order chi connectivity index (χ0) is 18.8. The Hall–Kier alpha value is -2.19. The molecule has 26 heavy (non-hydrogen) atoms. The Balaban J connectivity index is 2.07. The van der Waals surface area contributed by atoms with Crippen molar-refractivity contribution < 1.29 is 9.18 Å². The van der Waals surface area contributed by atoms with Gasteiger partial charge in [0, 0.05) is 6.04 Å². The van der Waals surface area contributed by atoms with Crippen LogP contribution in [0.3, 0.4) is 0 Å². The number of carbonyl (C=O) groups is 1. The first-order chi connectivity index (χ1) is 12.4. The molecule has 3 aromatic rings. The standard InChI is InChI=1S/C18H18FN3O2S2/c1-10(2)20-15(23)9-26-18-21-14-6-7-25-16(14)17(24)22(18)12-4-5-13(19)11(3)8-12/h4-8,10H,9H2,1-3H3,(H,20,23). The second-order valence-electron chi connectivity index (χ2n) is 6.11. The van der Waals surface area contributed by atoms with Crippen molar-refractivity contribution >= 4 is 39.2 Å². The van der Waals surface area contributed by atoms with Crippen LogP contribution in [-0.4, -0.2) is 27.3 Å². The van der Waals surface area contributed by atoms with E-state index in [2.05, 4.69) is 10.3 Å². The average molecular weight is 391 g/mol. The molecule has 0 unspecified atom stereocenters. The van der Waals surface area contributed by atoms with Crippen LogP contribution < -0.4 is 10.9 Å². The van der Waals surface area contributed by atoms with Gasteiger partial charge in [0.15, 0.2) is 5.16 Å². The molecule has 2 heterocycles. The van der Waals surface area contributed by atoms with E-state index < -0.39 is 0 Å². The van der Waals surface area contributed by atoms with Gasteiger partial charge in [-0.1, -0.05) is 11.8 Å². The number of carbonyl (C=O) groups excluding carboxylic acids is 1. The van der Waals surface area contributed by atoms with E-state index in [1.54, 1.807) is 30.5 Å². The summed E-state index contributed by atoms with van der Waals surface area (Å²) >= 11 is 2.50. The topological polar surface area (TPSA) is 64.0 Å². The van der Waals surface area contributed by atoms with Crippen molar-refractivity contribution in [1.29, 1.82) is 0 Å². The number of nitrogens with zero attached hydrogens (tertiary/aromatic N) is 2. The summed E-state index contributed by atoms with van der Waals surface area (Å²) in [5.41, 5.74) is 1.35. The highest BCUT2D eigenvalue weighted by atomic mass is 32.2. The molecule has 0 saturated carbocycles. The molecule has 0 spiro atoms. The molecule has 1 N–H and O–H groups in total. The van der Waals surface area contributed by atoms with Crippen molar-refractivity contribution in [3.63, 3.8) is 0 Å². The molecule has 1 amide bonds. The second-order valence-corrected chi connectivity index (χ2v) is 7.97. The maximum atomic E-state index is 13.6. The van der Waals surface area contributed by atoms with E-state index in [0.717, 1.165) is 0 Å². The van der Waals surface area contributed by atoms with E-state index in [0.29, 0.717) is 26.6 Å². The number of benzene rings is 1. The highest BCUT2D eigenvalue weighted by Crippen LogP contribution is 2.24. The Morgan fingerprint density at radius 3 is 2.85 bits per heavy atom. The van der Waals surface area contributed by atoms with Gasteiger partial charge in [0.05, 0.1) is 17.0 Å². The van der Waals surface area contributed by atoms with E-state index in [9.17, 15) is 14.0 Å². The minimum Gasteiger partial charge on any atom is -0.353 e. The zero-order valence-electron chi connectivity index (χ0n) is 14.6. The van der Waals surface area contributed by atoms with E-state index >= 15 is 0 Å². The van der Waals surface area contributed by atoms with Gasteiger partial charge in [-0.2, -0.15) is 0 Å². The monoisotopic (exact) mass is 391 g/mol. The average Bonchev–Trinajstić information content (AvgIpc) is 3.04. The molecule has 0 bridgehead atoms. The van der Waals surface area contributed by atoms with Crippen LogP contribution in [0, 0.1) is 12.7 Å². The maximum Gasteiger partial charge on any atom is 0.276 e. The minimum absolute atomic E-state index is 0.0392. The van der Waals surface area contributed by atoms with Crippen LogP contribution in [0.1, 0.15) is 19.4 Å². The second kappa shape index (κ2) is 7.59. The van der Waals surface area contributed by atoms with Gasteiger partial charge in [0.2, 0.25) is 5.91 Å². The predicted octanol–water partition coefficient (Wildman–Crippen LogP) is 3.51. The first kappa shape index (κ1) is 18.6. The molecule has 0 aliphatic heterocycles. The van der Waals surface area contributed by atoms with Gasteiger partial charge in [-0.25, -0.2) is 9.37 Å². The summed E-state index contributed by atoms with van der Waals surface area (Å²) < 4.78 is 15.6. The fourth-order valence-corrected chi connectivity index (χ4v) is 4.06. The molecular weight excluding hydrogens is 373 g/mol. The van der Waals surface area contributed by atoms with Crippen LogP contribution in [0.2, 0.25) is 0 Å². The van der Waals surface area contributed by atoms with Gasteiger partial charge < -0.3 is 5.32 Å². The highest BCUT2D eigenvalue weighted by molar-refractivity contribution is 7.99. The third-order valence-electron chi connectivity index (χ3n) is 3.63. The van der Waals surface area contributed by atoms with Crippen molar-refractivity contribution in [2.45, 2.75) is 32.0 Å². The van der Waals surface area contributed by atoms with Gasteiger partial charge in [0.25, 0.3) is 5.56 Å². The van der Waals surface area contributed by atoms with Gasteiger partial charge in [0.1, 0.15) is 10.5 Å². The largest absolute Gasteiger partial charge is 0.353 e. The third kappa shape index (κ3) is 3.81. The van der Waals surface area contributed by atoms with Gasteiger partial charge in [-0.05, 0) is 56.0 Å². The molecule has 136 valence electrons. The predicted molar refractivity (Wildman–Crippen MR) is 104 cm³/mol. The number of amides is 1. The smallest absolute Gasteiger partial charge is 0.276 e. The van der Waals surface area contributed by atoms with Crippen LogP contribution in [0.5, 0.6) is 0 Å². The molecule has 3 rings (SSSR count). The lowest BCUT2D eigenvalue weighted by molar-refractivity contribution is -0.119. The molecule has 0 aliphatic carbocycles. The number of hydrogen-bond donors (Lipinski definition) is 1. The SMILES string of the molecule is Cc1cc(-n2c(SCC(=O)NC(C)C)nc3ccsc3c2=O)ccc1F. The van der Waals surface area contributed by atoms with Crippen molar-refractivity contribution in [2.24, 2.45) is 0 Å². The van der Waals surface area contributed by atoms with Crippen LogP contribution >= 0.6 is 23.1 Å². The summed E-state index contributed by atoms with van der Waals surface area (Å²) in [6.07, 6.45) is 0. The lowest BCUT2D eigenvalue weighted by Crippen LogP contribution is -2.31. The molecule has 0 radical (unpaired) electrons. The molecule has 0 atom stereocenters. The molecule has 0 fully saturated rings. The normalized spacial score (nSPS) is 11.3. The first-order valence-corrected chi connectivity index (χ1v) is 9.92. The summed E-state index contributed by atoms with van der Waals surface area (Å²) in [7, 11) is 0. The molecule has 0 aliphatic rings. The Morgan fingerprint density at radius 1 is 1.38 bits per heavy atom. The Kier molecular flexibility index (Phi) is 5.43. The van der Waals surface area contributed by atoms with E-state index in [-0.39, 0.29) is 29.1 Å². The number of aromatic nitrogens is 2. The van der Waals surface area contributed by atoms with Crippen LogP contribution in [0.4, 0.5) is 4.39 Å². The molecule has 0 saturated heterocycles.